The van der Waals surface area contributed by atoms with Gasteiger partial charge in [0.05, 0.1) is 5.56 Å². The van der Waals surface area contributed by atoms with E-state index in [0.29, 0.717) is 21.7 Å². The highest BCUT2D eigenvalue weighted by atomic mass is 16.5. The molecule has 25 heavy (non-hydrogen) atoms. The Kier molecular flexibility index (Phi) is 4.71. The zero-order chi connectivity index (χ0) is 17.6. The molecule has 3 aromatic rings. The number of amides is 1. The molecule has 3 rings (SSSR count). The minimum atomic E-state index is -0.568. The number of ether oxygens (including phenoxy) is 1. The third-order valence-corrected chi connectivity index (χ3v) is 3.40. The molecule has 0 aliphatic heterocycles. The monoisotopic (exact) mass is 334 g/mol. The Morgan fingerprint density at radius 3 is 2.12 bits per heavy atom. The van der Waals surface area contributed by atoms with E-state index in [0.717, 1.165) is 0 Å². The number of anilines is 1. The van der Waals surface area contributed by atoms with Gasteiger partial charge in [-0.25, -0.2) is 4.79 Å². The van der Waals surface area contributed by atoms with Crippen molar-refractivity contribution in [3.8, 4) is 5.75 Å². The molecular formula is C19H14N2O4. The van der Waals surface area contributed by atoms with Crippen molar-refractivity contribution in [1.29, 1.82) is 0 Å². The van der Waals surface area contributed by atoms with Gasteiger partial charge in [0.25, 0.3) is 5.91 Å². The van der Waals surface area contributed by atoms with Gasteiger partial charge in [0, 0.05) is 23.4 Å². The van der Waals surface area contributed by atoms with Crippen molar-refractivity contribution in [1.82, 2.24) is 0 Å². The molecule has 0 atom stereocenters. The SMILES string of the molecule is O=C(Nc1ccc(OC(=O)c2cc[n+]([O-])cc2)cc1)c1ccccc1. The summed E-state index contributed by atoms with van der Waals surface area (Å²) in [5.41, 5.74) is 1.41. The second kappa shape index (κ2) is 7.27. The van der Waals surface area contributed by atoms with E-state index in [-0.39, 0.29) is 11.5 Å². The number of carbonyl (C=O) groups excluding carboxylic acids is 2. The number of nitrogens with zero attached hydrogens (tertiary/aromatic N) is 1. The van der Waals surface area contributed by atoms with Crippen LogP contribution in [-0.2, 0) is 0 Å². The molecule has 6 heteroatoms. The molecule has 1 heterocycles. The molecular weight excluding hydrogens is 320 g/mol. The van der Waals surface area contributed by atoms with Crippen LogP contribution in [0.3, 0.4) is 0 Å². The van der Waals surface area contributed by atoms with E-state index in [2.05, 4.69) is 5.32 Å². The molecule has 1 N–H and O–H groups in total. The Morgan fingerprint density at radius 2 is 1.48 bits per heavy atom. The number of hydrogen-bond acceptors (Lipinski definition) is 4. The van der Waals surface area contributed by atoms with Crippen LogP contribution in [0.15, 0.2) is 79.1 Å². The summed E-state index contributed by atoms with van der Waals surface area (Å²) in [5, 5.41) is 13.7. The first-order chi connectivity index (χ1) is 12.1. The van der Waals surface area contributed by atoms with Crippen LogP contribution in [0.25, 0.3) is 0 Å². The normalized spacial score (nSPS) is 10.1. The summed E-state index contributed by atoms with van der Waals surface area (Å²) in [4.78, 5) is 24.0. The molecule has 0 saturated carbocycles. The molecule has 0 unspecified atom stereocenters. The number of nitrogens with one attached hydrogen (secondary N) is 1. The van der Waals surface area contributed by atoms with Crippen LogP contribution in [0.2, 0.25) is 0 Å². The van der Waals surface area contributed by atoms with E-state index in [9.17, 15) is 14.8 Å². The lowest BCUT2D eigenvalue weighted by molar-refractivity contribution is -0.605. The van der Waals surface area contributed by atoms with Crippen molar-refractivity contribution in [2.24, 2.45) is 0 Å². The Labute approximate surface area is 143 Å². The molecule has 0 bridgehead atoms. The third kappa shape index (κ3) is 4.20. The molecule has 0 fully saturated rings. The van der Waals surface area contributed by atoms with Gasteiger partial charge in [0.2, 0.25) is 0 Å². The van der Waals surface area contributed by atoms with Gasteiger partial charge >= 0.3 is 5.97 Å². The van der Waals surface area contributed by atoms with Gasteiger partial charge in [-0.3, -0.25) is 4.79 Å². The van der Waals surface area contributed by atoms with Crippen molar-refractivity contribution < 1.29 is 19.1 Å². The predicted octanol–water partition coefficient (Wildman–Crippen LogP) is 2.79. The first-order valence-electron chi connectivity index (χ1n) is 7.49. The highest BCUT2D eigenvalue weighted by Crippen LogP contribution is 2.17. The van der Waals surface area contributed by atoms with Crippen LogP contribution in [0, 0.1) is 5.21 Å². The molecule has 1 aromatic heterocycles. The molecule has 0 aliphatic rings. The molecule has 2 aromatic carbocycles. The minimum Gasteiger partial charge on any atom is -0.619 e. The lowest BCUT2D eigenvalue weighted by Gasteiger charge is -2.07. The first-order valence-corrected chi connectivity index (χ1v) is 7.49. The summed E-state index contributed by atoms with van der Waals surface area (Å²) < 4.78 is 5.81. The number of hydrogen-bond donors (Lipinski definition) is 1. The highest BCUT2D eigenvalue weighted by Gasteiger charge is 2.10. The van der Waals surface area contributed by atoms with Crippen LogP contribution in [0.4, 0.5) is 5.69 Å². The summed E-state index contributed by atoms with van der Waals surface area (Å²) in [6, 6.07) is 18.0. The van der Waals surface area contributed by atoms with E-state index in [4.69, 9.17) is 4.74 Å². The van der Waals surface area contributed by atoms with Crippen LogP contribution in [0.5, 0.6) is 5.75 Å². The van der Waals surface area contributed by atoms with E-state index >= 15 is 0 Å². The maximum atomic E-state index is 12.1. The molecule has 1 amide bonds. The van der Waals surface area contributed by atoms with Crippen molar-refractivity contribution >= 4 is 17.6 Å². The number of benzene rings is 2. The van der Waals surface area contributed by atoms with Gasteiger partial charge in [0.15, 0.2) is 12.4 Å². The number of pyridine rings is 1. The Balaban J connectivity index is 1.63. The number of carbonyl (C=O) groups is 2. The lowest BCUT2D eigenvalue weighted by atomic mass is 10.2. The van der Waals surface area contributed by atoms with Gasteiger partial charge in [0.1, 0.15) is 5.75 Å². The van der Waals surface area contributed by atoms with E-state index in [1.54, 1.807) is 48.5 Å². The Bertz CT molecular complexity index is 876. The molecule has 0 aliphatic carbocycles. The Morgan fingerprint density at radius 1 is 0.840 bits per heavy atom. The first kappa shape index (κ1) is 16.2. The fourth-order valence-corrected chi connectivity index (χ4v) is 2.11. The summed E-state index contributed by atoms with van der Waals surface area (Å²) in [6.45, 7) is 0. The van der Waals surface area contributed by atoms with Crippen LogP contribution in [0.1, 0.15) is 20.7 Å². The van der Waals surface area contributed by atoms with Crippen LogP contribution in [-0.4, -0.2) is 11.9 Å². The van der Waals surface area contributed by atoms with Gasteiger partial charge in [-0.05, 0) is 36.4 Å². The number of esters is 1. The molecule has 0 radical (unpaired) electrons. The van der Waals surface area contributed by atoms with E-state index in [1.807, 2.05) is 6.07 Å². The fraction of sp³-hybridized carbons (Fsp3) is 0. The van der Waals surface area contributed by atoms with Crippen molar-refractivity contribution in [2.75, 3.05) is 5.32 Å². The van der Waals surface area contributed by atoms with Crippen LogP contribution >= 0.6 is 0 Å². The average molecular weight is 334 g/mol. The maximum Gasteiger partial charge on any atom is 0.343 e. The number of rotatable bonds is 4. The second-order valence-corrected chi connectivity index (χ2v) is 5.18. The largest absolute Gasteiger partial charge is 0.619 e. The topological polar surface area (TPSA) is 82.3 Å². The fourth-order valence-electron chi connectivity index (χ4n) is 2.11. The Hall–Kier alpha value is -3.67. The van der Waals surface area contributed by atoms with Gasteiger partial charge in [-0.15, -0.1) is 0 Å². The van der Waals surface area contributed by atoms with Gasteiger partial charge in [-0.1, -0.05) is 18.2 Å². The molecule has 124 valence electrons. The standard InChI is InChI=1S/C19H14N2O4/c22-18(14-4-2-1-3-5-14)20-16-6-8-17(9-7-16)25-19(23)15-10-12-21(24)13-11-15/h1-13H,(H,20,22). The highest BCUT2D eigenvalue weighted by molar-refractivity contribution is 6.04. The zero-order valence-corrected chi connectivity index (χ0v) is 13.1. The minimum absolute atomic E-state index is 0.222. The summed E-state index contributed by atoms with van der Waals surface area (Å²) in [5.74, 6) is -0.455. The third-order valence-electron chi connectivity index (χ3n) is 3.40. The number of aromatic nitrogens is 1. The zero-order valence-electron chi connectivity index (χ0n) is 13.1. The second-order valence-electron chi connectivity index (χ2n) is 5.18. The van der Waals surface area contributed by atoms with Crippen LogP contribution < -0.4 is 14.8 Å². The average Bonchev–Trinajstić information content (AvgIpc) is 2.64. The lowest BCUT2D eigenvalue weighted by Crippen LogP contribution is -2.24. The van der Waals surface area contributed by atoms with E-state index < -0.39 is 5.97 Å². The van der Waals surface area contributed by atoms with Gasteiger partial charge < -0.3 is 15.3 Å². The maximum absolute atomic E-state index is 12.1. The summed E-state index contributed by atoms with van der Waals surface area (Å²) >= 11 is 0. The smallest absolute Gasteiger partial charge is 0.343 e. The quantitative estimate of drug-likeness (QED) is 0.344. The molecule has 0 saturated heterocycles. The predicted molar refractivity (Wildman–Crippen MR) is 91.2 cm³/mol. The van der Waals surface area contributed by atoms with Gasteiger partial charge in [-0.2, -0.15) is 4.73 Å². The van der Waals surface area contributed by atoms with Crippen molar-refractivity contribution in [2.45, 2.75) is 0 Å². The molecule has 6 nitrogen and oxygen atoms in total. The van der Waals surface area contributed by atoms with Crippen molar-refractivity contribution in [3.05, 3.63) is 95.5 Å². The van der Waals surface area contributed by atoms with Crippen molar-refractivity contribution in [3.63, 3.8) is 0 Å². The summed E-state index contributed by atoms with van der Waals surface area (Å²) in [7, 11) is 0. The van der Waals surface area contributed by atoms with E-state index in [1.165, 1.54) is 24.5 Å². The summed E-state index contributed by atoms with van der Waals surface area (Å²) in [6.07, 6.45) is 2.44. The molecule has 0 spiro atoms.